The van der Waals surface area contributed by atoms with E-state index in [-0.39, 0.29) is 0 Å². The van der Waals surface area contributed by atoms with Gasteiger partial charge in [-0.1, -0.05) is 23.7 Å². The molecule has 2 aromatic heterocycles. The number of hydrogen-bond donors (Lipinski definition) is 0. The van der Waals surface area contributed by atoms with Crippen molar-refractivity contribution in [2.45, 2.75) is 20.4 Å². The number of aromatic nitrogens is 2. The Morgan fingerprint density at radius 1 is 1.14 bits per heavy atom. The molecule has 3 aromatic rings. The van der Waals surface area contributed by atoms with E-state index in [4.69, 9.17) is 16.3 Å². The Labute approximate surface area is 135 Å². The zero-order valence-corrected chi connectivity index (χ0v) is 13.8. The van der Waals surface area contributed by atoms with Crippen molar-refractivity contribution in [3.63, 3.8) is 0 Å². The largest absolute Gasteiger partial charge is 0.383 e. The molecule has 0 aliphatic carbocycles. The smallest absolute Gasteiger partial charge is 0.0945 e. The van der Waals surface area contributed by atoms with Gasteiger partial charge in [-0.3, -0.25) is 4.98 Å². The number of fused-ring (bicyclic) bond motifs is 1. The summed E-state index contributed by atoms with van der Waals surface area (Å²) in [6, 6.07) is 9.92. The number of ether oxygens (including phenoxy) is 1. The Hall–Kier alpha value is -1.84. The molecule has 0 radical (unpaired) electrons. The molecular formula is C18H19ClN2O. The summed E-state index contributed by atoms with van der Waals surface area (Å²) in [7, 11) is 1.73. The lowest BCUT2D eigenvalue weighted by atomic mass is 10.1. The third-order valence-electron chi connectivity index (χ3n) is 4.18. The molecule has 0 unspecified atom stereocenters. The summed E-state index contributed by atoms with van der Waals surface area (Å²) >= 11 is 6.00. The summed E-state index contributed by atoms with van der Waals surface area (Å²) in [5, 5.41) is 1.98. The minimum Gasteiger partial charge on any atom is -0.383 e. The van der Waals surface area contributed by atoms with E-state index in [2.05, 4.69) is 29.5 Å². The number of nitrogens with zero attached hydrogens (tertiary/aromatic N) is 2. The first-order valence-electron chi connectivity index (χ1n) is 7.32. The molecule has 4 heteroatoms. The first-order chi connectivity index (χ1) is 10.6. The van der Waals surface area contributed by atoms with Crippen molar-refractivity contribution in [3.05, 3.63) is 52.8 Å². The quantitative estimate of drug-likeness (QED) is 0.702. The van der Waals surface area contributed by atoms with Gasteiger partial charge in [-0.2, -0.15) is 0 Å². The Balaban J connectivity index is 2.26. The lowest BCUT2D eigenvalue weighted by Gasteiger charge is -2.11. The Morgan fingerprint density at radius 3 is 2.55 bits per heavy atom. The number of pyridine rings is 1. The number of aryl methyl sites for hydroxylation is 1. The molecule has 3 rings (SSSR count). The predicted octanol–water partition coefficient (Wildman–Crippen LogP) is 4.62. The molecule has 0 atom stereocenters. The first kappa shape index (κ1) is 15.1. The van der Waals surface area contributed by atoms with Gasteiger partial charge in [0.1, 0.15) is 0 Å². The van der Waals surface area contributed by atoms with Gasteiger partial charge in [0.15, 0.2) is 0 Å². The topological polar surface area (TPSA) is 27.1 Å². The fraction of sp³-hybridized carbons (Fsp3) is 0.278. The van der Waals surface area contributed by atoms with Gasteiger partial charge >= 0.3 is 0 Å². The number of rotatable bonds is 4. The lowest BCUT2D eigenvalue weighted by molar-refractivity contribution is 0.188. The van der Waals surface area contributed by atoms with Crippen LogP contribution in [0, 0.1) is 13.8 Å². The van der Waals surface area contributed by atoms with E-state index in [0.29, 0.717) is 6.61 Å². The standard InChI is InChI=1S/C18H19ClN2O/c1-12-13(2)21(10-11-22-3)18-16(12)8-9-20-17(18)14-4-6-15(19)7-5-14/h4-9H,10-11H2,1-3H3. The van der Waals surface area contributed by atoms with E-state index in [1.54, 1.807) is 7.11 Å². The SMILES string of the molecule is COCCn1c(C)c(C)c2ccnc(-c3ccc(Cl)cc3)c21. The van der Waals surface area contributed by atoms with Crippen molar-refractivity contribution in [1.29, 1.82) is 0 Å². The molecule has 22 heavy (non-hydrogen) atoms. The van der Waals surface area contributed by atoms with Gasteiger partial charge in [-0.15, -0.1) is 0 Å². The Kier molecular flexibility index (Phi) is 4.19. The highest BCUT2D eigenvalue weighted by Crippen LogP contribution is 2.32. The van der Waals surface area contributed by atoms with Crippen LogP contribution in [0.15, 0.2) is 36.5 Å². The predicted molar refractivity (Wildman–Crippen MR) is 91.5 cm³/mol. The van der Waals surface area contributed by atoms with Gasteiger partial charge in [0, 0.05) is 41.5 Å². The highest BCUT2D eigenvalue weighted by Gasteiger charge is 2.16. The second-order valence-electron chi connectivity index (χ2n) is 5.42. The van der Waals surface area contributed by atoms with Crippen LogP contribution in [0.4, 0.5) is 0 Å². The highest BCUT2D eigenvalue weighted by atomic mass is 35.5. The molecule has 0 aliphatic rings. The first-order valence-corrected chi connectivity index (χ1v) is 7.70. The fourth-order valence-corrected chi connectivity index (χ4v) is 3.00. The van der Waals surface area contributed by atoms with Gasteiger partial charge in [-0.25, -0.2) is 0 Å². The van der Waals surface area contributed by atoms with Crippen LogP contribution >= 0.6 is 11.6 Å². The molecule has 0 bridgehead atoms. The van der Waals surface area contributed by atoms with Crippen LogP contribution in [0.3, 0.4) is 0 Å². The molecule has 2 heterocycles. The van der Waals surface area contributed by atoms with Crippen LogP contribution in [-0.2, 0) is 11.3 Å². The van der Waals surface area contributed by atoms with Crippen molar-refractivity contribution in [2.75, 3.05) is 13.7 Å². The second kappa shape index (κ2) is 6.11. The van der Waals surface area contributed by atoms with Crippen LogP contribution < -0.4 is 0 Å². The molecule has 1 aromatic carbocycles. The maximum absolute atomic E-state index is 6.00. The van der Waals surface area contributed by atoms with Gasteiger partial charge in [0.2, 0.25) is 0 Å². The van der Waals surface area contributed by atoms with Gasteiger partial charge in [0.05, 0.1) is 17.8 Å². The van der Waals surface area contributed by atoms with Crippen molar-refractivity contribution in [2.24, 2.45) is 0 Å². The average molecular weight is 315 g/mol. The molecule has 0 saturated carbocycles. The maximum Gasteiger partial charge on any atom is 0.0945 e. The van der Waals surface area contributed by atoms with Crippen molar-refractivity contribution in [3.8, 4) is 11.3 Å². The van der Waals surface area contributed by atoms with E-state index < -0.39 is 0 Å². The molecule has 0 amide bonds. The summed E-state index contributed by atoms with van der Waals surface area (Å²) in [6.07, 6.45) is 1.87. The van der Waals surface area contributed by atoms with Crippen LogP contribution in [-0.4, -0.2) is 23.3 Å². The Bertz CT molecular complexity index is 806. The van der Waals surface area contributed by atoms with E-state index in [9.17, 15) is 0 Å². The molecule has 3 nitrogen and oxygen atoms in total. The molecular weight excluding hydrogens is 296 g/mol. The minimum atomic E-state index is 0.680. The minimum absolute atomic E-state index is 0.680. The third kappa shape index (κ3) is 2.51. The summed E-state index contributed by atoms with van der Waals surface area (Å²) < 4.78 is 7.56. The number of halogens is 1. The molecule has 0 fully saturated rings. The molecule has 0 saturated heterocycles. The van der Waals surface area contributed by atoms with Crippen LogP contribution in [0.25, 0.3) is 22.2 Å². The van der Waals surface area contributed by atoms with Crippen LogP contribution in [0.2, 0.25) is 5.02 Å². The maximum atomic E-state index is 6.00. The van der Waals surface area contributed by atoms with Crippen molar-refractivity contribution in [1.82, 2.24) is 9.55 Å². The summed E-state index contributed by atoms with van der Waals surface area (Å²) in [6.45, 7) is 5.81. The number of methoxy groups -OCH3 is 1. The summed E-state index contributed by atoms with van der Waals surface area (Å²) in [5.74, 6) is 0. The third-order valence-corrected chi connectivity index (χ3v) is 4.43. The fourth-order valence-electron chi connectivity index (χ4n) is 2.88. The van der Waals surface area contributed by atoms with Crippen molar-refractivity contribution < 1.29 is 4.74 Å². The zero-order valence-electron chi connectivity index (χ0n) is 13.1. The molecule has 0 spiro atoms. The van der Waals surface area contributed by atoms with Crippen molar-refractivity contribution >= 4 is 22.5 Å². The lowest BCUT2D eigenvalue weighted by Crippen LogP contribution is -2.06. The van der Waals surface area contributed by atoms with E-state index in [0.717, 1.165) is 28.3 Å². The molecule has 0 aliphatic heterocycles. The summed E-state index contributed by atoms with van der Waals surface area (Å²) in [4.78, 5) is 4.63. The van der Waals surface area contributed by atoms with Gasteiger partial charge < -0.3 is 9.30 Å². The normalized spacial score (nSPS) is 11.3. The highest BCUT2D eigenvalue weighted by molar-refractivity contribution is 6.30. The van der Waals surface area contributed by atoms with Gasteiger partial charge in [0.25, 0.3) is 0 Å². The second-order valence-corrected chi connectivity index (χ2v) is 5.85. The molecule has 0 N–H and O–H groups in total. The average Bonchev–Trinajstić information content (AvgIpc) is 2.78. The van der Waals surface area contributed by atoms with E-state index >= 15 is 0 Å². The van der Waals surface area contributed by atoms with E-state index in [1.165, 1.54) is 16.6 Å². The number of hydrogen-bond acceptors (Lipinski definition) is 2. The Morgan fingerprint density at radius 2 is 1.86 bits per heavy atom. The zero-order chi connectivity index (χ0) is 15.7. The summed E-state index contributed by atoms with van der Waals surface area (Å²) in [5.41, 5.74) is 5.78. The monoisotopic (exact) mass is 314 g/mol. The number of benzene rings is 1. The van der Waals surface area contributed by atoms with E-state index in [1.807, 2.05) is 30.5 Å². The van der Waals surface area contributed by atoms with Gasteiger partial charge in [-0.05, 0) is 37.6 Å². The molecule has 114 valence electrons. The van der Waals surface area contributed by atoms with Crippen LogP contribution in [0.5, 0.6) is 0 Å². The van der Waals surface area contributed by atoms with Crippen LogP contribution in [0.1, 0.15) is 11.3 Å².